The normalized spacial score (nSPS) is 20.3. The van der Waals surface area contributed by atoms with Crippen molar-refractivity contribution < 1.29 is 14.3 Å². The van der Waals surface area contributed by atoms with Crippen LogP contribution in [-0.4, -0.2) is 11.0 Å². The topological polar surface area (TPSA) is 62.5 Å². The number of amides is 1. The number of aliphatic hydroxyl groups excluding tert-OH is 1. The fraction of sp³-hybridized carbons (Fsp3) is 0.450. The van der Waals surface area contributed by atoms with Crippen molar-refractivity contribution in [3.63, 3.8) is 0 Å². The molecule has 1 aromatic carbocycles. The molecule has 0 saturated carbocycles. The van der Waals surface area contributed by atoms with Gasteiger partial charge in [0.15, 0.2) is 5.76 Å². The van der Waals surface area contributed by atoms with Gasteiger partial charge in [-0.25, -0.2) is 0 Å². The van der Waals surface area contributed by atoms with Crippen LogP contribution in [0.15, 0.2) is 34.7 Å². The van der Waals surface area contributed by atoms with Gasteiger partial charge in [0, 0.05) is 17.5 Å². The number of rotatable bonds is 3. The molecular weight excluding hydrogens is 302 g/mol. The molecule has 0 saturated heterocycles. The molecule has 0 bridgehead atoms. The van der Waals surface area contributed by atoms with Crippen molar-refractivity contribution in [3.8, 4) is 0 Å². The van der Waals surface area contributed by atoms with E-state index >= 15 is 0 Å². The van der Waals surface area contributed by atoms with Gasteiger partial charge in [0.05, 0.1) is 12.1 Å². The minimum absolute atomic E-state index is 0.0260. The first-order valence-electron chi connectivity index (χ1n) is 8.44. The second kappa shape index (κ2) is 6.10. The highest BCUT2D eigenvalue weighted by Gasteiger charge is 2.37. The zero-order valence-corrected chi connectivity index (χ0v) is 14.7. The summed E-state index contributed by atoms with van der Waals surface area (Å²) in [4.78, 5) is 12.6. The van der Waals surface area contributed by atoms with Crippen molar-refractivity contribution in [1.82, 2.24) is 5.32 Å². The number of nitrogens with one attached hydrogen (secondary N) is 1. The number of hydrogen-bond donors (Lipinski definition) is 2. The number of fused-ring (bicyclic) bond motifs is 1. The van der Waals surface area contributed by atoms with Gasteiger partial charge < -0.3 is 14.8 Å². The Balaban J connectivity index is 1.84. The minimum Gasteiger partial charge on any atom is -0.455 e. The quantitative estimate of drug-likeness (QED) is 0.892. The minimum atomic E-state index is -0.569. The first-order valence-corrected chi connectivity index (χ1v) is 8.44. The Morgan fingerprint density at radius 2 is 2.00 bits per heavy atom. The lowest BCUT2D eigenvalue weighted by Crippen LogP contribution is -2.26. The van der Waals surface area contributed by atoms with E-state index in [2.05, 4.69) is 19.2 Å². The summed E-state index contributed by atoms with van der Waals surface area (Å²) in [5.74, 6) is 0.830. The van der Waals surface area contributed by atoms with Crippen LogP contribution in [0.4, 0.5) is 0 Å². The summed E-state index contributed by atoms with van der Waals surface area (Å²) in [6.07, 6.45) is 0.851. The maximum absolute atomic E-state index is 12.6. The van der Waals surface area contributed by atoms with Crippen molar-refractivity contribution in [3.05, 3.63) is 58.5 Å². The highest BCUT2D eigenvalue weighted by molar-refractivity contribution is 5.93. The molecule has 0 unspecified atom stereocenters. The summed E-state index contributed by atoms with van der Waals surface area (Å²) >= 11 is 0. The number of carbonyl (C=O) groups is 1. The van der Waals surface area contributed by atoms with Gasteiger partial charge in [-0.1, -0.05) is 44.2 Å². The Morgan fingerprint density at radius 1 is 1.33 bits per heavy atom. The van der Waals surface area contributed by atoms with Crippen molar-refractivity contribution in [1.29, 1.82) is 0 Å². The molecule has 1 aliphatic rings. The van der Waals surface area contributed by atoms with Gasteiger partial charge in [-0.3, -0.25) is 4.79 Å². The van der Waals surface area contributed by atoms with E-state index in [1.165, 1.54) is 0 Å². The van der Waals surface area contributed by atoms with E-state index in [0.717, 1.165) is 28.9 Å². The monoisotopic (exact) mass is 327 g/mol. The average Bonchev–Trinajstić information content (AvgIpc) is 2.83. The standard InChI is InChI=1S/C20H25NO3/c1-12-17-15(22)10-20(3,4)11-16(17)24-18(12)19(23)21-13(2)14-8-6-5-7-9-14/h5-9,13,15,22H,10-11H2,1-4H3,(H,21,23)/t13-,15-/m1/s1. The molecule has 0 radical (unpaired) electrons. The molecular formula is C20H25NO3. The van der Waals surface area contributed by atoms with Crippen LogP contribution in [0.1, 0.15) is 72.3 Å². The molecule has 1 amide bonds. The molecule has 2 N–H and O–H groups in total. The van der Waals surface area contributed by atoms with E-state index in [1.807, 2.05) is 44.2 Å². The third-order valence-electron chi connectivity index (χ3n) is 4.84. The first kappa shape index (κ1) is 16.8. The molecule has 2 atom stereocenters. The highest BCUT2D eigenvalue weighted by atomic mass is 16.4. The summed E-state index contributed by atoms with van der Waals surface area (Å²) in [5, 5.41) is 13.4. The molecule has 0 spiro atoms. The van der Waals surface area contributed by atoms with E-state index < -0.39 is 6.10 Å². The van der Waals surface area contributed by atoms with Gasteiger partial charge in [-0.05, 0) is 31.2 Å². The highest BCUT2D eigenvalue weighted by Crippen LogP contribution is 2.43. The molecule has 128 valence electrons. The summed E-state index contributed by atoms with van der Waals surface area (Å²) in [5.41, 5.74) is 2.57. The SMILES string of the molecule is Cc1c(C(=O)N[C@H](C)c2ccccc2)oc2c1[C@H](O)CC(C)(C)C2. The van der Waals surface area contributed by atoms with E-state index in [1.54, 1.807) is 0 Å². The van der Waals surface area contributed by atoms with Crippen LogP contribution in [0.2, 0.25) is 0 Å². The Morgan fingerprint density at radius 3 is 2.67 bits per heavy atom. The van der Waals surface area contributed by atoms with Crippen molar-refractivity contribution >= 4 is 5.91 Å². The Kier molecular flexibility index (Phi) is 4.26. The van der Waals surface area contributed by atoms with Gasteiger partial charge in [0.2, 0.25) is 0 Å². The molecule has 1 heterocycles. The molecule has 1 aliphatic carbocycles. The largest absolute Gasteiger partial charge is 0.455 e. The van der Waals surface area contributed by atoms with Gasteiger partial charge in [0.25, 0.3) is 5.91 Å². The van der Waals surface area contributed by atoms with Crippen LogP contribution in [0.3, 0.4) is 0 Å². The Labute approximate surface area is 142 Å². The number of furan rings is 1. The van der Waals surface area contributed by atoms with Gasteiger partial charge in [-0.2, -0.15) is 0 Å². The van der Waals surface area contributed by atoms with Crippen LogP contribution >= 0.6 is 0 Å². The van der Waals surface area contributed by atoms with Crippen molar-refractivity contribution in [2.24, 2.45) is 5.41 Å². The van der Waals surface area contributed by atoms with Crippen LogP contribution < -0.4 is 5.32 Å². The predicted octanol–water partition coefficient (Wildman–Crippen LogP) is 4.08. The lowest BCUT2D eigenvalue weighted by atomic mass is 9.75. The zero-order valence-electron chi connectivity index (χ0n) is 14.7. The smallest absolute Gasteiger partial charge is 0.287 e. The molecule has 2 aromatic rings. The van der Waals surface area contributed by atoms with Crippen LogP contribution in [-0.2, 0) is 6.42 Å². The Hall–Kier alpha value is -2.07. The fourth-order valence-electron chi connectivity index (χ4n) is 3.59. The van der Waals surface area contributed by atoms with Gasteiger partial charge >= 0.3 is 0 Å². The van der Waals surface area contributed by atoms with Crippen LogP contribution in [0, 0.1) is 12.3 Å². The zero-order chi connectivity index (χ0) is 17.5. The predicted molar refractivity (Wildman–Crippen MR) is 92.8 cm³/mol. The maximum atomic E-state index is 12.6. The van der Waals surface area contributed by atoms with E-state index in [9.17, 15) is 9.90 Å². The summed E-state index contributed by atoms with van der Waals surface area (Å²) in [6, 6.07) is 9.71. The Bertz CT molecular complexity index is 746. The molecule has 3 rings (SSSR count). The third kappa shape index (κ3) is 3.11. The van der Waals surface area contributed by atoms with Gasteiger partial charge in [0.1, 0.15) is 5.76 Å². The second-order valence-electron chi connectivity index (χ2n) is 7.56. The summed E-state index contributed by atoms with van der Waals surface area (Å²) < 4.78 is 5.87. The van der Waals surface area contributed by atoms with Crippen LogP contribution in [0.5, 0.6) is 0 Å². The van der Waals surface area contributed by atoms with E-state index in [0.29, 0.717) is 12.2 Å². The molecule has 0 aliphatic heterocycles. The van der Waals surface area contributed by atoms with Gasteiger partial charge in [-0.15, -0.1) is 0 Å². The lowest BCUT2D eigenvalue weighted by Gasteiger charge is -2.31. The average molecular weight is 327 g/mol. The van der Waals surface area contributed by atoms with E-state index in [4.69, 9.17) is 4.42 Å². The van der Waals surface area contributed by atoms with Crippen molar-refractivity contribution in [2.75, 3.05) is 0 Å². The number of hydrogen-bond acceptors (Lipinski definition) is 3. The lowest BCUT2D eigenvalue weighted by molar-refractivity contribution is 0.0876. The third-order valence-corrected chi connectivity index (χ3v) is 4.84. The molecule has 4 nitrogen and oxygen atoms in total. The number of aliphatic hydroxyl groups is 1. The van der Waals surface area contributed by atoms with Crippen LogP contribution in [0.25, 0.3) is 0 Å². The molecule has 0 fully saturated rings. The summed E-state index contributed by atoms with van der Waals surface area (Å²) in [7, 11) is 0. The molecule has 1 aromatic heterocycles. The fourth-order valence-corrected chi connectivity index (χ4v) is 3.59. The first-order chi connectivity index (χ1) is 11.3. The second-order valence-corrected chi connectivity index (χ2v) is 7.56. The number of benzene rings is 1. The summed E-state index contributed by atoms with van der Waals surface area (Å²) in [6.45, 7) is 8.01. The molecule has 24 heavy (non-hydrogen) atoms. The van der Waals surface area contributed by atoms with E-state index in [-0.39, 0.29) is 17.4 Å². The molecule has 4 heteroatoms. The number of carbonyl (C=O) groups excluding carboxylic acids is 1. The van der Waals surface area contributed by atoms with Crippen molar-refractivity contribution in [2.45, 2.75) is 52.7 Å². The maximum Gasteiger partial charge on any atom is 0.287 e.